The fraction of sp³-hybridized carbons (Fsp3) is 0.286. The lowest BCUT2D eigenvalue weighted by Crippen LogP contribution is -2.10. The summed E-state index contributed by atoms with van der Waals surface area (Å²) < 4.78 is 5.57. The van der Waals surface area contributed by atoms with Gasteiger partial charge in [-0.3, -0.25) is 9.78 Å². The van der Waals surface area contributed by atoms with E-state index in [1.165, 1.54) is 6.07 Å². The number of nitrogens with one attached hydrogen (secondary N) is 1. The van der Waals surface area contributed by atoms with Crippen LogP contribution in [0.3, 0.4) is 0 Å². The molecule has 0 saturated heterocycles. The molecule has 0 amide bonds. The third kappa shape index (κ3) is 3.58. The third-order valence-electron chi connectivity index (χ3n) is 2.68. The highest BCUT2D eigenvalue weighted by molar-refractivity contribution is 5.60. The normalized spacial score (nSPS) is 10.4. The molecule has 0 aliphatic heterocycles. The van der Waals surface area contributed by atoms with E-state index in [1.54, 1.807) is 0 Å². The number of aromatic nitrogens is 2. The van der Waals surface area contributed by atoms with Crippen molar-refractivity contribution in [3.63, 3.8) is 0 Å². The number of ether oxygens (including phenoxy) is 1. The first-order valence-electron chi connectivity index (χ1n) is 6.29. The van der Waals surface area contributed by atoms with Crippen molar-refractivity contribution >= 4 is 5.95 Å². The number of H-pyrrole nitrogens is 1. The first kappa shape index (κ1) is 13.1. The Morgan fingerprint density at radius 2 is 2.05 bits per heavy atom. The van der Waals surface area contributed by atoms with Gasteiger partial charge in [0, 0.05) is 11.6 Å². The second-order valence-corrected chi connectivity index (χ2v) is 4.24. The van der Waals surface area contributed by atoms with Gasteiger partial charge in [0.2, 0.25) is 5.95 Å². The van der Waals surface area contributed by atoms with E-state index in [2.05, 4.69) is 16.9 Å². The minimum absolute atomic E-state index is 0.116. The van der Waals surface area contributed by atoms with Crippen LogP contribution in [0.2, 0.25) is 0 Å². The predicted octanol–water partition coefficient (Wildman–Crippen LogP) is 2.20. The molecule has 5 heteroatoms. The quantitative estimate of drug-likeness (QED) is 0.806. The van der Waals surface area contributed by atoms with Crippen molar-refractivity contribution in [1.29, 1.82) is 0 Å². The predicted molar refractivity (Wildman–Crippen MR) is 75.1 cm³/mol. The summed E-state index contributed by atoms with van der Waals surface area (Å²) in [4.78, 5) is 17.8. The number of rotatable bonds is 5. The molecule has 100 valence electrons. The number of nitrogens with two attached hydrogens (primary N) is 1. The molecule has 1 aromatic carbocycles. The Labute approximate surface area is 111 Å². The van der Waals surface area contributed by atoms with Gasteiger partial charge < -0.3 is 10.5 Å². The zero-order valence-corrected chi connectivity index (χ0v) is 10.8. The summed E-state index contributed by atoms with van der Waals surface area (Å²) in [5.41, 5.74) is 6.65. The van der Waals surface area contributed by atoms with Crippen molar-refractivity contribution in [2.24, 2.45) is 0 Å². The summed E-state index contributed by atoms with van der Waals surface area (Å²) in [7, 11) is 0. The molecule has 0 radical (unpaired) electrons. The molecule has 2 rings (SSSR count). The number of unbranched alkanes of at least 4 members (excludes halogenated alkanes) is 1. The zero-order valence-electron chi connectivity index (χ0n) is 10.8. The van der Waals surface area contributed by atoms with Crippen LogP contribution in [0.15, 0.2) is 35.1 Å². The molecule has 1 aromatic heterocycles. The fourth-order valence-electron chi connectivity index (χ4n) is 1.68. The standard InChI is InChI=1S/C14H17N3O2/c1-2-3-8-19-11-6-4-10(5-7-11)12-9-13(18)17-14(15)16-12/h4-7,9H,2-3,8H2,1H3,(H3,15,16,17,18). The molecule has 0 spiro atoms. The second-order valence-electron chi connectivity index (χ2n) is 4.24. The summed E-state index contributed by atoms with van der Waals surface area (Å²) in [6, 6.07) is 8.88. The lowest BCUT2D eigenvalue weighted by Gasteiger charge is -2.06. The van der Waals surface area contributed by atoms with Crippen molar-refractivity contribution < 1.29 is 4.74 Å². The lowest BCUT2D eigenvalue weighted by molar-refractivity contribution is 0.309. The SMILES string of the molecule is CCCCOc1ccc(-c2cc(=O)[nH]c(N)n2)cc1. The van der Waals surface area contributed by atoms with Gasteiger partial charge in [0.05, 0.1) is 12.3 Å². The van der Waals surface area contributed by atoms with Crippen molar-refractivity contribution in [2.75, 3.05) is 12.3 Å². The zero-order chi connectivity index (χ0) is 13.7. The molecule has 0 aliphatic carbocycles. The molecule has 0 bridgehead atoms. The minimum Gasteiger partial charge on any atom is -0.494 e. The van der Waals surface area contributed by atoms with Crippen LogP contribution in [0, 0.1) is 0 Å². The molecule has 19 heavy (non-hydrogen) atoms. The van der Waals surface area contributed by atoms with Crippen molar-refractivity contribution in [3.05, 3.63) is 40.7 Å². The molecule has 0 fully saturated rings. The van der Waals surface area contributed by atoms with Crippen LogP contribution in [0.4, 0.5) is 5.95 Å². The van der Waals surface area contributed by atoms with Gasteiger partial charge in [-0.1, -0.05) is 13.3 Å². The van der Waals surface area contributed by atoms with Crippen molar-refractivity contribution in [3.8, 4) is 17.0 Å². The van der Waals surface area contributed by atoms with Gasteiger partial charge >= 0.3 is 0 Å². The maximum atomic E-state index is 11.3. The van der Waals surface area contributed by atoms with Crippen LogP contribution in [0.1, 0.15) is 19.8 Å². The molecule has 5 nitrogen and oxygen atoms in total. The van der Waals surface area contributed by atoms with Crippen LogP contribution in [-0.2, 0) is 0 Å². The molecule has 3 N–H and O–H groups in total. The molecule has 2 aromatic rings. The van der Waals surface area contributed by atoms with Gasteiger partial charge in [0.15, 0.2) is 0 Å². The number of nitrogen functional groups attached to an aromatic ring is 1. The molecule has 0 saturated carbocycles. The molecule has 0 atom stereocenters. The van der Waals surface area contributed by atoms with E-state index in [0.29, 0.717) is 12.3 Å². The van der Waals surface area contributed by atoms with Gasteiger partial charge in [-0.25, -0.2) is 4.98 Å². The van der Waals surface area contributed by atoms with E-state index < -0.39 is 0 Å². The monoisotopic (exact) mass is 259 g/mol. The Morgan fingerprint density at radius 3 is 2.68 bits per heavy atom. The molecule has 0 unspecified atom stereocenters. The maximum Gasteiger partial charge on any atom is 0.252 e. The Hall–Kier alpha value is -2.30. The summed E-state index contributed by atoms with van der Waals surface area (Å²) in [6.45, 7) is 2.83. The average Bonchev–Trinajstić information content (AvgIpc) is 2.39. The maximum absolute atomic E-state index is 11.3. The van der Waals surface area contributed by atoms with Crippen molar-refractivity contribution in [1.82, 2.24) is 9.97 Å². The Kier molecular flexibility index (Phi) is 4.18. The van der Waals surface area contributed by atoms with Gasteiger partial charge in [-0.05, 0) is 30.7 Å². The number of anilines is 1. The van der Waals surface area contributed by atoms with Crippen LogP contribution in [0.5, 0.6) is 5.75 Å². The highest BCUT2D eigenvalue weighted by Crippen LogP contribution is 2.20. The van der Waals surface area contributed by atoms with Crippen LogP contribution in [-0.4, -0.2) is 16.6 Å². The molecule has 0 aliphatic rings. The number of hydrogen-bond acceptors (Lipinski definition) is 4. The van der Waals surface area contributed by atoms with Crippen molar-refractivity contribution in [2.45, 2.75) is 19.8 Å². The molecular formula is C14H17N3O2. The highest BCUT2D eigenvalue weighted by atomic mass is 16.5. The third-order valence-corrected chi connectivity index (χ3v) is 2.68. The fourth-order valence-corrected chi connectivity index (χ4v) is 1.68. The Balaban J connectivity index is 2.15. The lowest BCUT2D eigenvalue weighted by atomic mass is 10.1. The van der Waals surface area contributed by atoms with Crippen LogP contribution >= 0.6 is 0 Å². The molecular weight excluding hydrogens is 242 g/mol. The smallest absolute Gasteiger partial charge is 0.252 e. The minimum atomic E-state index is -0.259. The largest absolute Gasteiger partial charge is 0.494 e. The van der Waals surface area contributed by atoms with E-state index in [0.717, 1.165) is 24.2 Å². The van der Waals surface area contributed by atoms with E-state index in [1.807, 2.05) is 24.3 Å². The van der Waals surface area contributed by atoms with E-state index in [9.17, 15) is 4.79 Å². The first-order valence-corrected chi connectivity index (χ1v) is 6.29. The van der Waals surface area contributed by atoms with Gasteiger partial charge in [0.1, 0.15) is 5.75 Å². The van der Waals surface area contributed by atoms with Gasteiger partial charge in [-0.2, -0.15) is 0 Å². The average molecular weight is 259 g/mol. The number of aromatic amines is 1. The topological polar surface area (TPSA) is 81.0 Å². The number of nitrogens with zero attached hydrogens (tertiary/aromatic N) is 1. The van der Waals surface area contributed by atoms with Gasteiger partial charge in [0.25, 0.3) is 5.56 Å². The van der Waals surface area contributed by atoms with Crippen LogP contribution in [0.25, 0.3) is 11.3 Å². The van der Waals surface area contributed by atoms with E-state index >= 15 is 0 Å². The Morgan fingerprint density at radius 1 is 1.32 bits per heavy atom. The second kappa shape index (κ2) is 6.04. The number of benzene rings is 1. The Bertz CT molecular complexity index is 590. The first-order chi connectivity index (χ1) is 9.19. The van der Waals surface area contributed by atoms with Crippen LogP contribution < -0.4 is 16.0 Å². The van der Waals surface area contributed by atoms with E-state index in [4.69, 9.17) is 10.5 Å². The number of hydrogen-bond donors (Lipinski definition) is 2. The molecule has 1 heterocycles. The summed E-state index contributed by atoms with van der Waals surface area (Å²) in [5, 5.41) is 0. The van der Waals surface area contributed by atoms with E-state index in [-0.39, 0.29) is 11.5 Å². The van der Waals surface area contributed by atoms with Gasteiger partial charge in [-0.15, -0.1) is 0 Å². The summed E-state index contributed by atoms with van der Waals surface area (Å²) >= 11 is 0. The summed E-state index contributed by atoms with van der Waals surface area (Å²) in [6.07, 6.45) is 2.14. The summed E-state index contributed by atoms with van der Waals surface area (Å²) in [5.74, 6) is 0.931. The highest BCUT2D eigenvalue weighted by Gasteiger charge is 2.02.